The number of imidazole rings is 1. The van der Waals surface area contributed by atoms with Gasteiger partial charge in [0.15, 0.2) is 5.65 Å². The number of hydrogen-bond donors (Lipinski definition) is 0. The van der Waals surface area contributed by atoms with Gasteiger partial charge in [0, 0.05) is 43.4 Å². The van der Waals surface area contributed by atoms with Gasteiger partial charge in [-0.1, -0.05) is 5.92 Å². The van der Waals surface area contributed by atoms with Gasteiger partial charge in [-0.05, 0) is 24.1 Å². The van der Waals surface area contributed by atoms with Gasteiger partial charge in [0.2, 0.25) is 5.88 Å². The summed E-state index contributed by atoms with van der Waals surface area (Å²) in [5.74, 6) is 6.49. The zero-order valence-corrected chi connectivity index (χ0v) is 15.7. The summed E-state index contributed by atoms with van der Waals surface area (Å²) in [7, 11) is 0. The highest BCUT2D eigenvalue weighted by molar-refractivity contribution is 5.48. The molecule has 2 aromatic heterocycles. The molecule has 0 bridgehead atoms. The molecular weight excluding hydrogens is 374 g/mol. The predicted octanol–water partition coefficient (Wildman–Crippen LogP) is 1.75. The Morgan fingerprint density at radius 2 is 1.93 bits per heavy atom. The number of rotatable bonds is 5. The van der Waals surface area contributed by atoms with Crippen molar-refractivity contribution in [2.45, 2.75) is 0 Å². The minimum Gasteiger partial charge on any atom is -0.475 e. The molecule has 3 aromatic rings. The highest BCUT2D eigenvalue weighted by Crippen LogP contribution is 2.13. The normalized spacial score (nSPS) is 14.3. The number of fused-ring (bicyclic) bond motifs is 1. The second-order valence-corrected chi connectivity index (χ2v) is 6.44. The van der Waals surface area contributed by atoms with Crippen molar-refractivity contribution in [2.24, 2.45) is 0 Å². The molecule has 4 rings (SSSR count). The van der Waals surface area contributed by atoms with E-state index in [1.807, 2.05) is 6.07 Å². The maximum absolute atomic E-state index is 10.7. The van der Waals surface area contributed by atoms with Crippen molar-refractivity contribution in [3.05, 3.63) is 64.0 Å². The Labute approximate surface area is 167 Å². The van der Waals surface area contributed by atoms with Crippen molar-refractivity contribution in [1.82, 2.24) is 19.5 Å². The van der Waals surface area contributed by atoms with Crippen LogP contribution in [0, 0.1) is 22.0 Å². The maximum Gasteiger partial charge on any atom is 0.269 e. The Morgan fingerprint density at radius 1 is 1.14 bits per heavy atom. The highest BCUT2D eigenvalue weighted by atomic mass is 16.6. The van der Waals surface area contributed by atoms with E-state index in [2.05, 4.69) is 26.8 Å². The summed E-state index contributed by atoms with van der Waals surface area (Å²) in [6.45, 7) is 4.71. The van der Waals surface area contributed by atoms with Crippen molar-refractivity contribution in [3.8, 4) is 17.7 Å². The SMILES string of the molecule is O=[N+]([O-])c1ccc(C#Cc2cnc3ccc(OCCN4CCOCC4)nn23)cc1. The van der Waals surface area contributed by atoms with Crippen molar-refractivity contribution < 1.29 is 14.4 Å². The summed E-state index contributed by atoms with van der Waals surface area (Å²) in [6, 6.07) is 9.70. The number of nitro benzene ring substituents is 1. The fourth-order valence-electron chi connectivity index (χ4n) is 2.93. The van der Waals surface area contributed by atoms with Crippen LogP contribution in [0.3, 0.4) is 0 Å². The van der Waals surface area contributed by atoms with Crippen LogP contribution < -0.4 is 4.74 Å². The topological polar surface area (TPSA) is 95.0 Å². The van der Waals surface area contributed by atoms with Gasteiger partial charge >= 0.3 is 0 Å². The third-order valence-electron chi connectivity index (χ3n) is 4.51. The van der Waals surface area contributed by atoms with E-state index < -0.39 is 4.92 Å². The summed E-state index contributed by atoms with van der Waals surface area (Å²) in [5, 5.41) is 15.2. The van der Waals surface area contributed by atoms with Crippen LogP contribution in [0.5, 0.6) is 5.88 Å². The third kappa shape index (κ3) is 4.68. The maximum atomic E-state index is 10.7. The first-order chi connectivity index (χ1) is 14.2. The summed E-state index contributed by atoms with van der Waals surface area (Å²) in [6.07, 6.45) is 1.64. The first-order valence-electron chi connectivity index (χ1n) is 9.23. The van der Waals surface area contributed by atoms with Gasteiger partial charge in [-0.25, -0.2) is 9.50 Å². The second-order valence-electron chi connectivity index (χ2n) is 6.44. The van der Waals surface area contributed by atoms with E-state index in [1.54, 1.807) is 28.9 Å². The fraction of sp³-hybridized carbons (Fsp3) is 0.300. The van der Waals surface area contributed by atoms with Crippen LogP contribution in [0.15, 0.2) is 42.6 Å². The van der Waals surface area contributed by atoms with E-state index in [0.717, 1.165) is 32.8 Å². The van der Waals surface area contributed by atoms with Crippen molar-refractivity contribution in [1.29, 1.82) is 0 Å². The lowest BCUT2D eigenvalue weighted by molar-refractivity contribution is -0.384. The zero-order valence-electron chi connectivity index (χ0n) is 15.7. The second kappa shape index (κ2) is 8.68. The molecule has 1 aliphatic heterocycles. The molecule has 0 unspecified atom stereocenters. The number of aromatic nitrogens is 3. The lowest BCUT2D eigenvalue weighted by atomic mass is 10.2. The molecule has 1 saturated heterocycles. The molecule has 0 amide bonds. The number of nitrogens with zero attached hydrogens (tertiary/aromatic N) is 5. The van der Waals surface area contributed by atoms with E-state index in [0.29, 0.717) is 29.4 Å². The Morgan fingerprint density at radius 3 is 2.69 bits per heavy atom. The predicted molar refractivity (Wildman–Crippen MR) is 105 cm³/mol. The summed E-state index contributed by atoms with van der Waals surface area (Å²) >= 11 is 0. The average molecular weight is 393 g/mol. The molecule has 148 valence electrons. The molecule has 3 heterocycles. The smallest absolute Gasteiger partial charge is 0.269 e. The van der Waals surface area contributed by atoms with Crippen molar-refractivity contribution in [3.63, 3.8) is 0 Å². The van der Waals surface area contributed by atoms with E-state index in [4.69, 9.17) is 9.47 Å². The Kier molecular flexibility index (Phi) is 5.65. The zero-order chi connectivity index (χ0) is 20.1. The molecule has 0 radical (unpaired) electrons. The number of hydrogen-bond acceptors (Lipinski definition) is 7. The molecule has 0 spiro atoms. The molecular formula is C20H19N5O4. The average Bonchev–Trinajstić information content (AvgIpc) is 3.15. The Balaban J connectivity index is 1.45. The van der Waals surface area contributed by atoms with Crippen LogP contribution in [-0.2, 0) is 4.74 Å². The molecule has 0 saturated carbocycles. The quantitative estimate of drug-likeness (QED) is 0.370. The van der Waals surface area contributed by atoms with Crippen LogP contribution in [0.25, 0.3) is 5.65 Å². The van der Waals surface area contributed by atoms with Gasteiger partial charge < -0.3 is 9.47 Å². The highest BCUT2D eigenvalue weighted by Gasteiger charge is 2.10. The van der Waals surface area contributed by atoms with Gasteiger partial charge in [0.25, 0.3) is 5.69 Å². The van der Waals surface area contributed by atoms with E-state index >= 15 is 0 Å². The van der Waals surface area contributed by atoms with Gasteiger partial charge in [-0.15, -0.1) is 5.10 Å². The first-order valence-corrected chi connectivity index (χ1v) is 9.23. The van der Waals surface area contributed by atoms with E-state index in [-0.39, 0.29) is 5.69 Å². The minimum absolute atomic E-state index is 0.0332. The van der Waals surface area contributed by atoms with E-state index in [9.17, 15) is 10.1 Å². The lowest BCUT2D eigenvalue weighted by Gasteiger charge is -2.26. The summed E-state index contributed by atoms with van der Waals surface area (Å²) in [5.41, 5.74) is 1.98. The van der Waals surface area contributed by atoms with Gasteiger partial charge in [-0.2, -0.15) is 0 Å². The Bertz CT molecular complexity index is 1060. The lowest BCUT2D eigenvalue weighted by Crippen LogP contribution is -2.38. The van der Waals surface area contributed by atoms with Gasteiger partial charge in [-0.3, -0.25) is 15.0 Å². The molecule has 0 atom stereocenters. The van der Waals surface area contributed by atoms with E-state index in [1.165, 1.54) is 12.1 Å². The van der Waals surface area contributed by atoms with Gasteiger partial charge in [0.1, 0.15) is 12.3 Å². The first kappa shape index (κ1) is 18.9. The van der Waals surface area contributed by atoms with Crippen LogP contribution in [0.2, 0.25) is 0 Å². The summed E-state index contributed by atoms with van der Waals surface area (Å²) in [4.78, 5) is 16.9. The van der Waals surface area contributed by atoms with Crippen LogP contribution in [0.1, 0.15) is 11.3 Å². The summed E-state index contributed by atoms with van der Waals surface area (Å²) < 4.78 is 12.8. The molecule has 1 aromatic carbocycles. The molecule has 9 nitrogen and oxygen atoms in total. The van der Waals surface area contributed by atoms with Crippen molar-refractivity contribution in [2.75, 3.05) is 39.5 Å². The molecule has 1 aliphatic rings. The Hall–Kier alpha value is -3.48. The largest absolute Gasteiger partial charge is 0.475 e. The third-order valence-corrected chi connectivity index (χ3v) is 4.51. The van der Waals surface area contributed by atoms with Crippen LogP contribution in [-0.4, -0.2) is 63.9 Å². The van der Waals surface area contributed by atoms with Crippen LogP contribution in [0.4, 0.5) is 5.69 Å². The van der Waals surface area contributed by atoms with Crippen LogP contribution >= 0.6 is 0 Å². The monoisotopic (exact) mass is 393 g/mol. The standard InChI is InChI=1S/C20H19N5O4/c26-25(27)17-4-1-16(2-5-17)3-6-18-15-21-19-7-8-20(22-24(18)19)29-14-11-23-9-12-28-13-10-23/h1-2,4-5,7-8,15H,9-14H2. The number of ether oxygens (including phenoxy) is 2. The van der Waals surface area contributed by atoms with Crippen molar-refractivity contribution >= 4 is 11.3 Å². The minimum atomic E-state index is -0.438. The molecule has 9 heteroatoms. The number of nitro groups is 1. The molecule has 1 fully saturated rings. The molecule has 0 aliphatic carbocycles. The molecule has 29 heavy (non-hydrogen) atoms. The number of benzene rings is 1. The number of non-ortho nitro benzene ring substituents is 1. The molecule has 0 N–H and O–H groups in total. The fourth-order valence-corrected chi connectivity index (χ4v) is 2.93. The number of morpholine rings is 1. The van der Waals surface area contributed by atoms with Gasteiger partial charge in [0.05, 0.1) is 24.3 Å².